The zero-order valence-electron chi connectivity index (χ0n) is 15.1. The highest BCUT2D eigenvalue weighted by atomic mass is 16.3. The molecule has 0 aromatic carbocycles. The number of fused-ring (bicyclic) bond motifs is 2. The lowest BCUT2D eigenvalue weighted by molar-refractivity contribution is 0.568. The van der Waals surface area contributed by atoms with Crippen LogP contribution in [0.25, 0.3) is 55.7 Å². The zero-order valence-corrected chi connectivity index (χ0v) is 15.1. The molecule has 0 unspecified atom stereocenters. The molecule has 0 bridgehead atoms. The van der Waals surface area contributed by atoms with E-state index >= 15 is 0 Å². The van der Waals surface area contributed by atoms with Gasteiger partial charge in [0.25, 0.3) is 0 Å². The third kappa shape index (κ3) is 2.52. The van der Waals surface area contributed by atoms with E-state index in [1.165, 1.54) is 0 Å². The monoisotopic (exact) mass is 378 g/mol. The van der Waals surface area contributed by atoms with Crippen molar-refractivity contribution in [1.82, 2.24) is 30.1 Å². The maximum absolute atomic E-state index is 5.23. The van der Waals surface area contributed by atoms with E-state index < -0.39 is 0 Å². The van der Waals surface area contributed by atoms with E-state index in [1.807, 2.05) is 30.3 Å². The number of pyridine rings is 3. The van der Waals surface area contributed by atoms with Gasteiger partial charge in [-0.15, -0.1) is 0 Å². The molecule has 0 fully saturated rings. The summed E-state index contributed by atoms with van der Waals surface area (Å²) in [6.45, 7) is 0. The lowest BCUT2D eigenvalue weighted by atomic mass is 10.1. The van der Waals surface area contributed by atoms with Crippen molar-refractivity contribution >= 4 is 21.8 Å². The largest absolute Gasteiger partial charge is 0.472 e. The quantitative estimate of drug-likeness (QED) is 0.460. The number of nitrogens with one attached hydrogen (secondary N) is 2. The van der Waals surface area contributed by atoms with Gasteiger partial charge in [-0.2, -0.15) is 5.10 Å². The molecule has 6 aromatic heterocycles. The molecule has 2 N–H and O–H groups in total. The fourth-order valence-electron chi connectivity index (χ4n) is 3.60. The standard InChI is InChI=1S/C22H14N6O/c1-2-13(10-23-5-1)18-8-16-20(11-25-18)27-28-22(16)19-9-15-17(26-19)3-6-24-21(15)14-4-7-29-12-14/h1-12,26H,(H,27,28). The van der Waals surface area contributed by atoms with Gasteiger partial charge in [0, 0.05) is 46.0 Å². The molecule has 7 heteroatoms. The maximum Gasteiger partial charge on any atom is 0.116 e. The Kier molecular flexibility index (Phi) is 3.33. The van der Waals surface area contributed by atoms with Crippen molar-refractivity contribution in [2.45, 2.75) is 0 Å². The van der Waals surface area contributed by atoms with Crippen molar-refractivity contribution in [3.05, 3.63) is 73.7 Å². The first-order chi connectivity index (χ1) is 14.4. The summed E-state index contributed by atoms with van der Waals surface area (Å²) < 4.78 is 5.23. The highest BCUT2D eigenvalue weighted by molar-refractivity contribution is 6.00. The number of H-pyrrole nitrogens is 2. The average molecular weight is 378 g/mol. The first kappa shape index (κ1) is 15.8. The SMILES string of the molecule is c1cncc(-c2cc3c(-c4cc5c(-c6ccoc6)nccc5[nH]4)n[nH]c3cn2)c1. The smallest absolute Gasteiger partial charge is 0.116 e. The van der Waals surface area contributed by atoms with Gasteiger partial charge >= 0.3 is 0 Å². The minimum absolute atomic E-state index is 0.835. The third-order valence-corrected chi connectivity index (χ3v) is 5.00. The summed E-state index contributed by atoms with van der Waals surface area (Å²) in [4.78, 5) is 16.7. The summed E-state index contributed by atoms with van der Waals surface area (Å²) in [6.07, 6.45) is 10.5. The molecule has 6 rings (SSSR count). The second-order valence-electron chi connectivity index (χ2n) is 6.74. The van der Waals surface area contributed by atoms with Gasteiger partial charge in [0.1, 0.15) is 5.69 Å². The molecular weight excluding hydrogens is 364 g/mol. The molecule has 0 spiro atoms. The second kappa shape index (κ2) is 6.13. The molecular formula is C22H14N6O. The van der Waals surface area contributed by atoms with E-state index in [0.717, 1.165) is 55.7 Å². The Morgan fingerprint density at radius 1 is 0.828 bits per heavy atom. The van der Waals surface area contributed by atoms with E-state index in [9.17, 15) is 0 Å². The number of nitrogens with zero attached hydrogens (tertiary/aromatic N) is 4. The Morgan fingerprint density at radius 3 is 2.66 bits per heavy atom. The predicted molar refractivity (Wildman–Crippen MR) is 110 cm³/mol. The molecule has 138 valence electrons. The van der Waals surface area contributed by atoms with E-state index in [2.05, 4.69) is 36.2 Å². The normalized spacial score (nSPS) is 11.4. The number of furan rings is 1. The lowest BCUT2D eigenvalue weighted by Crippen LogP contribution is -1.85. The summed E-state index contributed by atoms with van der Waals surface area (Å²) in [5, 5.41) is 9.61. The predicted octanol–water partition coefficient (Wildman–Crippen LogP) is 4.82. The molecule has 6 heterocycles. The van der Waals surface area contributed by atoms with Crippen molar-refractivity contribution in [1.29, 1.82) is 0 Å². The average Bonchev–Trinajstić information content (AvgIpc) is 3.52. The van der Waals surface area contributed by atoms with Crippen LogP contribution in [0.1, 0.15) is 0 Å². The molecule has 0 aliphatic rings. The van der Waals surface area contributed by atoms with Gasteiger partial charge in [0.05, 0.1) is 41.3 Å². The van der Waals surface area contributed by atoms with E-state index in [4.69, 9.17) is 4.42 Å². The summed E-state index contributed by atoms with van der Waals surface area (Å²) in [6, 6.07) is 11.9. The Balaban J connectivity index is 1.53. The highest BCUT2D eigenvalue weighted by Crippen LogP contribution is 2.33. The zero-order chi connectivity index (χ0) is 19.2. The van der Waals surface area contributed by atoms with Gasteiger partial charge in [0.2, 0.25) is 0 Å². The summed E-state index contributed by atoms with van der Waals surface area (Å²) in [7, 11) is 0. The summed E-state index contributed by atoms with van der Waals surface area (Å²) >= 11 is 0. The Labute approximate surface area is 164 Å². The minimum atomic E-state index is 0.835. The summed E-state index contributed by atoms with van der Waals surface area (Å²) in [5.74, 6) is 0. The number of hydrogen-bond acceptors (Lipinski definition) is 5. The maximum atomic E-state index is 5.23. The third-order valence-electron chi connectivity index (χ3n) is 5.00. The van der Waals surface area contributed by atoms with Gasteiger partial charge in [-0.05, 0) is 36.4 Å². The van der Waals surface area contributed by atoms with Crippen molar-refractivity contribution in [3.63, 3.8) is 0 Å². The van der Waals surface area contributed by atoms with E-state index in [0.29, 0.717) is 0 Å². The van der Waals surface area contributed by atoms with Crippen LogP contribution < -0.4 is 0 Å². The van der Waals surface area contributed by atoms with Crippen molar-refractivity contribution in [2.75, 3.05) is 0 Å². The first-order valence-electron chi connectivity index (χ1n) is 9.12. The number of rotatable bonds is 3. The molecule has 0 atom stereocenters. The van der Waals surface area contributed by atoms with E-state index in [1.54, 1.807) is 37.3 Å². The van der Waals surface area contributed by atoms with Gasteiger partial charge in [-0.25, -0.2) is 0 Å². The van der Waals surface area contributed by atoms with Crippen molar-refractivity contribution in [2.24, 2.45) is 0 Å². The van der Waals surface area contributed by atoms with Gasteiger partial charge < -0.3 is 9.40 Å². The summed E-state index contributed by atoms with van der Waals surface area (Å²) in [5.41, 5.74) is 7.24. The molecule has 0 saturated heterocycles. The molecule has 0 amide bonds. The number of aromatic amines is 2. The van der Waals surface area contributed by atoms with E-state index in [-0.39, 0.29) is 0 Å². The van der Waals surface area contributed by atoms with Gasteiger partial charge in [-0.1, -0.05) is 0 Å². The molecule has 0 aliphatic carbocycles. The molecule has 0 radical (unpaired) electrons. The van der Waals surface area contributed by atoms with Crippen LogP contribution >= 0.6 is 0 Å². The van der Waals surface area contributed by atoms with Crippen LogP contribution in [0.3, 0.4) is 0 Å². The fourth-order valence-corrected chi connectivity index (χ4v) is 3.60. The minimum Gasteiger partial charge on any atom is -0.472 e. The molecule has 7 nitrogen and oxygen atoms in total. The van der Waals surface area contributed by atoms with Crippen LogP contribution in [0.4, 0.5) is 0 Å². The van der Waals surface area contributed by atoms with Crippen molar-refractivity contribution < 1.29 is 4.42 Å². The second-order valence-corrected chi connectivity index (χ2v) is 6.74. The van der Waals surface area contributed by atoms with Crippen LogP contribution in [0, 0.1) is 0 Å². The van der Waals surface area contributed by atoms with Gasteiger partial charge in [0.15, 0.2) is 0 Å². The highest BCUT2D eigenvalue weighted by Gasteiger charge is 2.15. The van der Waals surface area contributed by atoms with Gasteiger partial charge in [-0.3, -0.25) is 20.1 Å². The van der Waals surface area contributed by atoms with Crippen LogP contribution in [-0.2, 0) is 0 Å². The Bertz CT molecular complexity index is 1450. The fraction of sp³-hybridized carbons (Fsp3) is 0. The molecule has 0 aliphatic heterocycles. The molecule has 0 saturated carbocycles. The van der Waals surface area contributed by atoms with Crippen LogP contribution in [0.5, 0.6) is 0 Å². The first-order valence-corrected chi connectivity index (χ1v) is 9.12. The van der Waals surface area contributed by atoms with Crippen LogP contribution in [-0.4, -0.2) is 30.1 Å². The Morgan fingerprint density at radius 2 is 1.79 bits per heavy atom. The number of aromatic nitrogens is 6. The van der Waals surface area contributed by atoms with Crippen LogP contribution in [0.15, 0.2) is 78.1 Å². The molecule has 6 aromatic rings. The van der Waals surface area contributed by atoms with Crippen LogP contribution in [0.2, 0.25) is 0 Å². The molecule has 29 heavy (non-hydrogen) atoms. The topological polar surface area (TPSA) is 96.3 Å². The lowest BCUT2D eigenvalue weighted by Gasteiger charge is -2.00. The van der Waals surface area contributed by atoms with Crippen molar-refractivity contribution in [3.8, 4) is 33.9 Å². The number of hydrogen-bond donors (Lipinski definition) is 2. The Hall–Kier alpha value is -4.26.